The Morgan fingerprint density at radius 1 is 1.14 bits per heavy atom. The maximum absolute atomic E-state index is 12.6. The number of ether oxygens (including phenoxy) is 2. The second-order valence-corrected chi connectivity index (χ2v) is 9.69. The van der Waals surface area contributed by atoms with Crippen molar-refractivity contribution in [3.05, 3.63) is 84.3 Å². The normalized spacial score (nSPS) is 12.8. The van der Waals surface area contributed by atoms with E-state index in [4.69, 9.17) is 20.4 Å². The van der Waals surface area contributed by atoms with Crippen molar-refractivity contribution < 1.29 is 19.5 Å². The maximum atomic E-state index is 12.6. The van der Waals surface area contributed by atoms with Gasteiger partial charge >= 0.3 is 6.09 Å². The Bertz CT molecular complexity index is 1390. The molecule has 2 aromatic heterocycles. The first-order chi connectivity index (χ1) is 17.7. The number of aromatic nitrogens is 2. The number of carbonyl (C=O) groups is 1. The topological polar surface area (TPSA) is 135 Å². The van der Waals surface area contributed by atoms with Gasteiger partial charge in [-0.1, -0.05) is 47.6 Å². The van der Waals surface area contributed by atoms with Gasteiger partial charge < -0.3 is 30.7 Å². The number of rotatable bonds is 8. The van der Waals surface area contributed by atoms with Gasteiger partial charge in [0.2, 0.25) is 0 Å². The molecule has 0 aliphatic rings. The Labute approximate surface area is 215 Å². The van der Waals surface area contributed by atoms with Crippen LogP contribution >= 0.6 is 0 Å². The molecule has 4 aromatic rings. The molecule has 0 saturated carbocycles. The number of oxime groups is 1. The first kappa shape index (κ1) is 25.6. The van der Waals surface area contributed by atoms with E-state index in [0.717, 1.165) is 27.6 Å². The molecule has 192 valence electrons. The summed E-state index contributed by atoms with van der Waals surface area (Å²) in [5, 5.41) is 15.9. The SMILES string of the molecule is CC(C)(C)OC(=O)NC(COc1cncc(-c2ccc(C(N)=NO)cc2)c1)Cc1c[nH]c2ccccc12. The Balaban J connectivity index is 1.50. The fourth-order valence-corrected chi connectivity index (χ4v) is 3.94. The fourth-order valence-electron chi connectivity index (χ4n) is 3.94. The number of aromatic amines is 1. The van der Waals surface area contributed by atoms with E-state index in [1.54, 1.807) is 24.5 Å². The average Bonchev–Trinajstić information content (AvgIpc) is 3.28. The number of nitrogens with zero attached hydrogens (tertiary/aromatic N) is 2. The van der Waals surface area contributed by atoms with Crippen LogP contribution in [-0.2, 0) is 11.2 Å². The van der Waals surface area contributed by atoms with Gasteiger partial charge in [-0.15, -0.1) is 0 Å². The van der Waals surface area contributed by atoms with Crippen LogP contribution in [-0.4, -0.2) is 45.4 Å². The first-order valence-electron chi connectivity index (χ1n) is 11.9. The highest BCUT2D eigenvalue weighted by Crippen LogP contribution is 2.24. The summed E-state index contributed by atoms with van der Waals surface area (Å²) in [7, 11) is 0. The number of amidine groups is 1. The van der Waals surface area contributed by atoms with Crippen molar-refractivity contribution in [3.63, 3.8) is 0 Å². The number of hydrogen-bond acceptors (Lipinski definition) is 6. The third kappa shape index (κ3) is 6.78. The molecule has 0 saturated heterocycles. The van der Waals surface area contributed by atoms with Crippen molar-refractivity contribution in [3.8, 4) is 16.9 Å². The molecule has 2 heterocycles. The average molecular weight is 502 g/mol. The number of nitrogens with one attached hydrogen (secondary N) is 2. The molecule has 9 nitrogen and oxygen atoms in total. The minimum Gasteiger partial charge on any atom is -0.490 e. The number of pyridine rings is 1. The molecular formula is C28H31N5O4. The lowest BCUT2D eigenvalue weighted by atomic mass is 10.0. The van der Waals surface area contributed by atoms with E-state index in [9.17, 15) is 4.79 Å². The summed E-state index contributed by atoms with van der Waals surface area (Å²) in [6.07, 6.45) is 5.36. The number of carbonyl (C=O) groups excluding carboxylic acids is 1. The highest BCUT2D eigenvalue weighted by molar-refractivity contribution is 5.97. The molecule has 1 atom stereocenters. The van der Waals surface area contributed by atoms with Crippen LogP contribution in [0, 0.1) is 0 Å². The quantitative estimate of drug-likeness (QED) is 0.118. The molecule has 1 unspecified atom stereocenters. The van der Waals surface area contributed by atoms with Gasteiger partial charge in [-0.25, -0.2) is 4.79 Å². The molecule has 5 N–H and O–H groups in total. The van der Waals surface area contributed by atoms with Crippen LogP contribution < -0.4 is 15.8 Å². The molecule has 0 spiro atoms. The van der Waals surface area contributed by atoms with Gasteiger partial charge in [0.25, 0.3) is 0 Å². The minimum atomic E-state index is -0.613. The van der Waals surface area contributed by atoms with Crippen molar-refractivity contribution in [1.82, 2.24) is 15.3 Å². The summed E-state index contributed by atoms with van der Waals surface area (Å²) in [5.74, 6) is 0.605. The summed E-state index contributed by atoms with van der Waals surface area (Å²) < 4.78 is 11.6. The van der Waals surface area contributed by atoms with Crippen LogP contribution in [0.2, 0.25) is 0 Å². The number of fused-ring (bicyclic) bond motifs is 1. The standard InChI is InChI=1S/C28H31N5O4/c1-28(2,3)37-27(34)32-22(12-21-15-31-25-7-5-4-6-24(21)25)17-36-23-13-20(14-30-16-23)18-8-10-19(11-9-18)26(29)33-35/h4-11,13-16,22,31,35H,12,17H2,1-3H3,(H2,29,33)(H,32,34). The Morgan fingerprint density at radius 3 is 2.62 bits per heavy atom. The highest BCUT2D eigenvalue weighted by atomic mass is 16.6. The van der Waals surface area contributed by atoms with E-state index >= 15 is 0 Å². The van der Waals surface area contributed by atoms with Crippen LogP contribution in [0.3, 0.4) is 0 Å². The summed E-state index contributed by atoms with van der Waals surface area (Å²) in [5.41, 5.74) is 9.49. The van der Waals surface area contributed by atoms with E-state index < -0.39 is 11.7 Å². The molecule has 4 rings (SSSR count). The number of benzene rings is 2. The van der Waals surface area contributed by atoms with E-state index in [1.807, 2.05) is 69.4 Å². The van der Waals surface area contributed by atoms with Crippen molar-refractivity contribution in [1.29, 1.82) is 0 Å². The Kier molecular flexibility index (Phi) is 7.62. The zero-order valence-electron chi connectivity index (χ0n) is 21.1. The summed E-state index contributed by atoms with van der Waals surface area (Å²) in [6, 6.07) is 16.8. The van der Waals surface area contributed by atoms with Crippen LogP contribution in [0.4, 0.5) is 4.79 Å². The number of para-hydroxylation sites is 1. The third-order valence-electron chi connectivity index (χ3n) is 5.65. The summed E-state index contributed by atoms with van der Waals surface area (Å²) >= 11 is 0. The molecule has 2 aromatic carbocycles. The third-order valence-corrected chi connectivity index (χ3v) is 5.65. The number of H-pyrrole nitrogens is 1. The van der Waals surface area contributed by atoms with Gasteiger partial charge in [-0.2, -0.15) is 0 Å². The van der Waals surface area contributed by atoms with Crippen molar-refractivity contribution >= 4 is 22.8 Å². The number of amides is 1. The monoisotopic (exact) mass is 501 g/mol. The van der Waals surface area contributed by atoms with Crippen LogP contribution in [0.5, 0.6) is 5.75 Å². The molecule has 9 heteroatoms. The largest absolute Gasteiger partial charge is 0.490 e. The Hall–Kier alpha value is -4.53. The lowest BCUT2D eigenvalue weighted by Gasteiger charge is -2.24. The lowest BCUT2D eigenvalue weighted by Crippen LogP contribution is -2.43. The molecule has 37 heavy (non-hydrogen) atoms. The summed E-state index contributed by atoms with van der Waals surface area (Å²) in [4.78, 5) is 20.2. The van der Waals surface area contributed by atoms with Crippen LogP contribution in [0.1, 0.15) is 31.9 Å². The zero-order valence-corrected chi connectivity index (χ0v) is 21.1. The highest BCUT2D eigenvalue weighted by Gasteiger charge is 2.21. The predicted octanol–water partition coefficient (Wildman–Crippen LogP) is 4.84. The number of hydrogen-bond donors (Lipinski definition) is 4. The van der Waals surface area contributed by atoms with Crippen molar-refractivity contribution in [2.45, 2.75) is 38.8 Å². The molecule has 0 fully saturated rings. The van der Waals surface area contributed by atoms with E-state index in [-0.39, 0.29) is 18.5 Å². The maximum Gasteiger partial charge on any atom is 0.408 e. The van der Waals surface area contributed by atoms with Gasteiger partial charge in [0.15, 0.2) is 5.84 Å². The Morgan fingerprint density at radius 2 is 1.89 bits per heavy atom. The van der Waals surface area contributed by atoms with E-state index in [2.05, 4.69) is 20.4 Å². The van der Waals surface area contributed by atoms with Crippen molar-refractivity contribution in [2.24, 2.45) is 10.9 Å². The molecule has 0 radical (unpaired) electrons. The first-order valence-corrected chi connectivity index (χ1v) is 11.9. The van der Waals surface area contributed by atoms with E-state index in [1.165, 1.54) is 0 Å². The summed E-state index contributed by atoms with van der Waals surface area (Å²) in [6.45, 7) is 5.69. The second kappa shape index (κ2) is 11.0. The van der Waals surface area contributed by atoms with Gasteiger partial charge in [0, 0.05) is 34.4 Å². The fraction of sp³-hybridized carbons (Fsp3) is 0.250. The molecule has 1 amide bonds. The molecule has 0 aliphatic heterocycles. The predicted molar refractivity (Wildman–Crippen MR) is 143 cm³/mol. The second-order valence-electron chi connectivity index (χ2n) is 9.69. The minimum absolute atomic E-state index is 0.0421. The van der Waals surface area contributed by atoms with Crippen LogP contribution in [0.15, 0.2) is 78.3 Å². The smallest absolute Gasteiger partial charge is 0.408 e. The van der Waals surface area contributed by atoms with Gasteiger partial charge in [-0.05, 0) is 50.5 Å². The lowest BCUT2D eigenvalue weighted by molar-refractivity contribution is 0.0488. The van der Waals surface area contributed by atoms with Crippen LogP contribution in [0.25, 0.3) is 22.0 Å². The molecular weight excluding hydrogens is 470 g/mol. The number of nitrogens with two attached hydrogens (primary N) is 1. The van der Waals surface area contributed by atoms with Gasteiger partial charge in [-0.3, -0.25) is 4.98 Å². The van der Waals surface area contributed by atoms with Gasteiger partial charge in [0.05, 0.1) is 12.2 Å². The van der Waals surface area contributed by atoms with Crippen molar-refractivity contribution in [2.75, 3.05) is 6.61 Å². The molecule has 0 aliphatic carbocycles. The zero-order chi connectivity index (χ0) is 26.4. The van der Waals surface area contributed by atoms with Gasteiger partial charge in [0.1, 0.15) is 18.0 Å². The molecule has 0 bridgehead atoms. The number of alkyl carbamates (subject to hydrolysis) is 1. The van der Waals surface area contributed by atoms with E-state index in [0.29, 0.717) is 17.7 Å².